The quantitative estimate of drug-likeness (QED) is 0.694. The molecule has 0 radical (unpaired) electrons. The predicted molar refractivity (Wildman–Crippen MR) is 53.4 cm³/mol. The third kappa shape index (κ3) is 1.33. The van der Waals surface area contributed by atoms with E-state index in [0.717, 1.165) is 11.1 Å². The second kappa shape index (κ2) is 3.46. The number of cyclic esters (lactones) is 1. The molecule has 1 aliphatic heterocycles. The van der Waals surface area contributed by atoms with Crippen LogP contribution in [0.1, 0.15) is 21.5 Å². The van der Waals surface area contributed by atoms with Crippen LogP contribution in [0.25, 0.3) is 0 Å². The molecule has 4 heteroatoms. The number of carbonyl (C=O) groups excluding carboxylic acids is 1. The molecule has 0 atom stereocenters. The van der Waals surface area contributed by atoms with E-state index in [0.29, 0.717) is 17.1 Å². The Bertz CT molecular complexity index is 423. The maximum atomic E-state index is 11.4. The zero-order valence-corrected chi connectivity index (χ0v) is 8.92. The molecule has 0 fully saturated rings. The molecule has 80 valence electrons. The van der Waals surface area contributed by atoms with Crippen molar-refractivity contribution in [1.82, 2.24) is 0 Å². The van der Waals surface area contributed by atoms with E-state index in [1.54, 1.807) is 20.3 Å². The summed E-state index contributed by atoms with van der Waals surface area (Å²) in [5.74, 6) is 0.930. The van der Waals surface area contributed by atoms with Crippen molar-refractivity contribution in [2.24, 2.45) is 0 Å². The van der Waals surface area contributed by atoms with Gasteiger partial charge in [-0.25, -0.2) is 4.79 Å². The maximum Gasteiger partial charge on any atom is 0.339 e. The van der Waals surface area contributed by atoms with Crippen molar-refractivity contribution in [3.05, 3.63) is 22.8 Å². The van der Waals surface area contributed by atoms with Crippen LogP contribution in [-0.2, 0) is 11.3 Å². The summed E-state index contributed by atoms with van der Waals surface area (Å²) in [4.78, 5) is 11.4. The van der Waals surface area contributed by atoms with Crippen molar-refractivity contribution in [2.45, 2.75) is 13.5 Å². The molecule has 0 aliphatic carbocycles. The van der Waals surface area contributed by atoms with E-state index in [-0.39, 0.29) is 12.6 Å². The Morgan fingerprint density at radius 2 is 2.07 bits per heavy atom. The summed E-state index contributed by atoms with van der Waals surface area (Å²) in [5.41, 5.74) is 2.23. The van der Waals surface area contributed by atoms with Gasteiger partial charge in [0.1, 0.15) is 6.61 Å². The first-order valence-electron chi connectivity index (χ1n) is 4.60. The van der Waals surface area contributed by atoms with Crippen LogP contribution < -0.4 is 9.47 Å². The highest BCUT2D eigenvalue weighted by molar-refractivity contribution is 5.96. The molecule has 0 amide bonds. The molecule has 0 unspecified atom stereocenters. The van der Waals surface area contributed by atoms with E-state index in [4.69, 9.17) is 14.2 Å². The first kappa shape index (κ1) is 9.83. The maximum absolute atomic E-state index is 11.4. The number of aryl methyl sites for hydroxylation is 1. The number of methoxy groups -OCH3 is 2. The van der Waals surface area contributed by atoms with Gasteiger partial charge in [0.2, 0.25) is 0 Å². The van der Waals surface area contributed by atoms with Crippen molar-refractivity contribution in [3.8, 4) is 11.5 Å². The minimum Gasteiger partial charge on any atom is -0.493 e. The Balaban J connectivity index is 2.69. The number of carbonyl (C=O) groups is 1. The van der Waals surface area contributed by atoms with Gasteiger partial charge in [0.05, 0.1) is 25.3 Å². The standard InChI is InChI=1S/C11H12O4/c1-6-4-8(13-2)10(14-3)7-5-15-11(12)9(6)7/h4H,5H2,1-3H3. The van der Waals surface area contributed by atoms with Crippen molar-refractivity contribution in [1.29, 1.82) is 0 Å². The van der Waals surface area contributed by atoms with Crippen LogP contribution in [0.15, 0.2) is 6.07 Å². The minimum atomic E-state index is -0.288. The molecule has 2 rings (SSSR count). The lowest BCUT2D eigenvalue weighted by molar-refractivity contribution is 0.0533. The SMILES string of the molecule is COc1cc(C)c2c(c1OC)COC2=O. The molecule has 0 N–H and O–H groups in total. The number of benzene rings is 1. The fourth-order valence-electron chi connectivity index (χ4n) is 1.84. The van der Waals surface area contributed by atoms with Crippen LogP contribution in [0.4, 0.5) is 0 Å². The van der Waals surface area contributed by atoms with Crippen LogP contribution in [-0.4, -0.2) is 20.2 Å². The Hall–Kier alpha value is -1.71. The van der Waals surface area contributed by atoms with Gasteiger partial charge in [0.15, 0.2) is 11.5 Å². The summed E-state index contributed by atoms with van der Waals surface area (Å²) >= 11 is 0. The summed E-state index contributed by atoms with van der Waals surface area (Å²) < 4.78 is 15.4. The summed E-state index contributed by atoms with van der Waals surface area (Å²) in [5, 5.41) is 0. The molecule has 0 saturated heterocycles. The average Bonchev–Trinajstić information content (AvgIpc) is 2.61. The van der Waals surface area contributed by atoms with Gasteiger partial charge in [0.25, 0.3) is 0 Å². The average molecular weight is 208 g/mol. The third-order valence-corrected chi connectivity index (χ3v) is 2.52. The van der Waals surface area contributed by atoms with Gasteiger partial charge < -0.3 is 14.2 Å². The Kier molecular flexibility index (Phi) is 2.26. The van der Waals surface area contributed by atoms with Gasteiger partial charge in [-0.2, -0.15) is 0 Å². The number of fused-ring (bicyclic) bond motifs is 1. The molecular weight excluding hydrogens is 196 g/mol. The second-order valence-corrected chi connectivity index (χ2v) is 3.36. The molecule has 1 heterocycles. The lowest BCUT2D eigenvalue weighted by Gasteiger charge is -2.11. The Labute approximate surface area is 87.8 Å². The minimum absolute atomic E-state index is 0.259. The Morgan fingerprint density at radius 1 is 1.33 bits per heavy atom. The normalized spacial score (nSPS) is 13.4. The largest absolute Gasteiger partial charge is 0.493 e. The lowest BCUT2D eigenvalue weighted by atomic mass is 10.0. The zero-order chi connectivity index (χ0) is 11.0. The van der Waals surface area contributed by atoms with Crippen molar-refractivity contribution in [2.75, 3.05) is 14.2 Å². The van der Waals surface area contributed by atoms with Crippen molar-refractivity contribution < 1.29 is 19.0 Å². The molecule has 1 aromatic rings. The summed E-state index contributed by atoms with van der Waals surface area (Å²) in [6.45, 7) is 2.11. The van der Waals surface area contributed by atoms with E-state index in [2.05, 4.69) is 0 Å². The molecule has 0 bridgehead atoms. The molecule has 0 spiro atoms. The van der Waals surface area contributed by atoms with E-state index in [1.165, 1.54) is 0 Å². The highest BCUT2D eigenvalue weighted by atomic mass is 16.5. The molecule has 1 aliphatic rings. The highest BCUT2D eigenvalue weighted by Gasteiger charge is 2.29. The first-order chi connectivity index (χ1) is 7.19. The molecular formula is C11H12O4. The van der Waals surface area contributed by atoms with Crippen LogP contribution >= 0.6 is 0 Å². The molecule has 15 heavy (non-hydrogen) atoms. The van der Waals surface area contributed by atoms with Gasteiger partial charge in [-0.15, -0.1) is 0 Å². The van der Waals surface area contributed by atoms with Gasteiger partial charge in [-0.05, 0) is 18.6 Å². The third-order valence-electron chi connectivity index (χ3n) is 2.52. The van der Waals surface area contributed by atoms with Crippen LogP contribution in [0.2, 0.25) is 0 Å². The number of ether oxygens (including phenoxy) is 3. The van der Waals surface area contributed by atoms with Crippen molar-refractivity contribution >= 4 is 5.97 Å². The van der Waals surface area contributed by atoms with Crippen LogP contribution in [0.5, 0.6) is 11.5 Å². The Morgan fingerprint density at radius 3 is 2.67 bits per heavy atom. The molecule has 0 aromatic heterocycles. The van der Waals surface area contributed by atoms with Crippen LogP contribution in [0, 0.1) is 6.92 Å². The number of rotatable bonds is 2. The summed E-state index contributed by atoms with van der Waals surface area (Å²) in [6.07, 6.45) is 0. The van der Waals surface area contributed by atoms with E-state index in [1.807, 2.05) is 6.92 Å². The van der Waals surface area contributed by atoms with E-state index >= 15 is 0 Å². The van der Waals surface area contributed by atoms with Gasteiger partial charge in [-0.3, -0.25) is 0 Å². The smallest absolute Gasteiger partial charge is 0.339 e. The predicted octanol–water partition coefficient (Wildman–Crippen LogP) is 1.68. The molecule has 4 nitrogen and oxygen atoms in total. The highest BCUT2D eigenvalue weighted by Crippen LogP contribution is 2.39. The number of hydrogen-bond acceptors (Lipinski definition) is 4. The summed E-state index contributed by atoms with van der Waals surface area (Å²) in [7, 11) is 3.12. The molecule has 0 saturated carbocycles. The summed E-state index contributed by atoms with van der Waals surface area (Å²) in [6, 6.07) is 1.78. The van der Waals surface area contributed by atoms with Gasteiger partial charge in [0, 0.05) is 0 Å². The first-order valence-corrected chi connectivity index (χ1v) is 4.60. The van der Waals surface area contributed by atoms with Crippen LogP contribution in [0.3, 0.4) is 0 Å². The van der Waals surface area contributed by atoms with E-state index in [9.17, 15) is 4.79 Å². The molecule has 1 aromatic carbocycles. The van der Waals surface area contributed by atoms with Crippen molar-refractivity contribution in [3.63, 3.8) is 0 Å². The second-order valence-electron chi connectivity index (χ2n) is 3.36. The monoisotopic (exact) mass is 208 g/mol. The van der Waals surface area contributed by atoms with E-state index < -0.39 is 0 Å². The number of esters is 1. The zero-order valence-electron chi connectivity index (χ0n) is 8.92. The van der Waals surface area contributed by atoms with Gasteiger partial charge >= 0.3 is 5.97 Å². The van der Waals surface area contributed by atoms with Gasteiger partial charge in [-0.1, -0.05) is 0 Å². The topological polar surface area (TPSA) is 44.8 Å². The fraction of sp³-hybridized carbons (Fsp3) is 0.364. The lowest BCUT2D eigenvalue weighted by Crippen LogP contribution is -2.00. The number of hydrogen-bond donors (Lipinski definition) is 0. The fourth-order valence-corrected chi connectivity index (χ4v) is 1.84.